The van der Waals surface area contributed by atoms with Crippen LogP contribution in [0.3, 0.4) is 0 Å². The topological polar surface area (TPSA) is 42.7 Å². The zero-order chi connectivity index (χ0) is 11.2. The highest BCUT2D eigenvalue weighted by molar-refractivity contribution is 5.48. The minimum Gasteiger partial charge on any atom is -0.330 e. The summed E-state index contributed by atoms with van der Waals surface area (Å²) in [6, 6.07) is 5.88. The van der Waals surface area contributed by atoms with Gasteiger partial charge in [-0.1, -0.05) is 6.07 Å². The minimum atomic E-state index is 0.928. The Morgan fingerprint density at radius 2 is 2.19 bits per heavy atom. The van der Waals surface area contributed by atoms with Crippen LogP contribution in [0.15, 0.2) is 36.8 Å². The smallest absolute Gasteiger partial charge is 0.158 e. The Morgan fingerprint density at radius 1 is 1.25 bits per heavy atom. The highest BCUT2D eigenvalue weighted by atomic mass is 15.1. The quantitative estimate of drug-likeness (QED) is 0.771. The third-order valence-corrected chi connectivity index (χ3v) is 2.44. The molecular weight excluding hydrogens is 200 g/mol. The van der Waals surface area contributed by atoms with Gasteiger partial charge in [0, 0.05) is 25.1 Å². The van der Waals surface area contributed by atoms with Crippen molar-refractivity contribution in [2.24, 2.45) is 0 Å². The first-order valence-corrected chi connectivity index (χ1v) is 5.49. The molecule has 0 fully saturated rings. The summed E-state index contributed by atoms with van der Waals surface area (Å²) in [5, 5.41) is 3.14. The van der Waals surface area contributed by atoms with Crippen LogP contribution in [0.25, 0.3) is 11.5 Å². The number of nitrogens with one attached hydrogen (secondary N) is 1. The first-order valence-electron chi connectivity index (χ1n) is 5.49. The van der Waals surface area contributed by atoms with Gasteiger partial charge in [0.2, 0.25) is 0 Å². The largest absolute Gasteiger partial charge is 0.330 e. The number of aryl methyl sites for hydroxylation is 1. The molecule has 0 saturated carbocycles. The van der Waals surface area contributed by atoms with E-state index in [2.05, 4.69) is 19.9 Å². The zero-order valence-corrected chi connectivity index (χ0v) is 9.43. The van der Waals surface area contributed by atoms with Crippen molar-refractivity contribution in [2.45, 2.75) is 13.0 Å². The summed E-state index contributed by atoms with van der Waals surface area (Å²) in [5.41, 5.74) is 0.928. The fourth-order valence-corrected chi connectivity index (χ4v) is 1.64. The maximum Gasteiger partial charge on any atom is 0.158 e. The Kier molecular flexibility index (Phi) is 3.66. The monoisotopic (exact) mass is 216 g/mol. The van der Waals surface area contributed by atoms with Gasteiger partial charge in [-0.2, -0.15) is 0 Å². The third kappa shape index (κ3) is 2.46. The fourth-order valence-electron chi connectivity index (χ4n) is 1.64. The van der Waals surface area contributed by atoms with Crippen molar-refractivity contribution in [3.8, 4) is 11.5 Å². The van der Waals surface area contributed by atoms with E-state index >= 15 is 0 Å². The average Bonchev–Trinajstić information content (AvgIpc) is 2.79. The van der Waals surface area contributed by atoms with Gasteiger partial charge >= 0.3 is 0 Å². The van der Waals surface area contributed by atoms with E-state index in [0.29, 0.717) is 0 Å². The maximum atomic E-state index is 4.35. The standard InChI is InChI=1S/C12H16N4/c1-13-6-4-9-16-10-8-15-12(16)11-5-2-3-7-14-11/h2-3,5,7-8,10,13H,4,6,9H2,1H3. The van der Waals surface area contributed by atoms with Gasteiger partial charge < -0.3 is 9.88 Å². The summed E-state index contributed by atoms with van der Waals surface area (Å²) in [6.45, 7) is 1.98. The first kappa shape index (κ1) is 10.8. The van der Waals surface area contributed by atoms with Gasteiger partial charge in [-0.05, 0) is 32.1 Å². The summed E-state index contributed by atoms with van der Waals surface area (Å²) in [7, 11) is 1.97. The van der Waals surface area contributed by atoms with Gasteiger partial charge in [-0.15, -0.1) is 0 Å². The molecule has 2 aromatic heterocycles. The molecular formula is C12H16N4. The fraction of sp³-hybridized carbons (Fsp3) is 0.333. The van der Waals surface area contributed by atoms with Gasteiger partial charge in [0.25, 0.3) is 0 Å². The van der Waals surface area contributed by atoms with E-state index in [1.54, 1.807) is 6.20 Å². The molecule has 0 spiro atoms. The Morgan fingerprint density at radius 3 is 2.94 bits per heavy atom. The molecule has 2 heterocycles. The summed E-state index contributed by atoms with van der Waals surface area (Å²) in [6.07, 6.45) is 6.71. The Labute approximate surface area is 95.4 Å². The van der Waals surface area contributed by atoms with E-state index < -0.39 is 0 Å². The Bertz CT molecular complexity index is 422. The summed E-state index contributed by atoms with van der Waals surface area (Å²) >= 11 is 0. The van der Waals surface area contributed by atoms with E-state index in [4.69, 9.17) is 0 Å². The van der Waals surface area contributed by atoms with E-state index in [0.717, 1.165) is 31.0 Å². The highest BCUT2D eigenvalue weighted by Crippen LogP contribution is 2.13. The second-order valence-corrected chi connectivity index (χ2v) is 3.62. The molecule has 0 unspecified atom stereocenters. The van der Waals surface area contributed by atoms with Gasteiger partial charge in [-0.25, -0.2) is 4.98 Å². The van der Waals surface area contributed by atoms with Crippen molar-refractivity contribution in [1.29, 1.82) is 0 Å². The van der Waals surface area contributed by atoms with Gasteiger partial charge in [0.15, 0.2) is 5.82 Å². The molecule has 4 nitrogen and oxygen atoms in total. The van der Waals surface area contributed by atoms with Gasteiger partial charge in [-0.3, -0.25) is 4.98 Å². The number of rotatable bonds is 5. The molecule has 0 amide bonds. The molecule has 0 saturated heterocycles. The molecule has 0 bridgehead atoms. The number of pyridine rings is 1. The lowest BCUT2D eigenvalue weighted by Crippen LogP contribution is -2.11. The molecule has 0 aliphatic heterocycles. The number of aromatic nitrogens is 3. The van der Waals surface area contributed by atoms with E-state index in [9.17, 15) is 0 Å². The lowest BCUT2D eigenvalue weighted by molar-refractivity contribution is 0.616. The van der Waals surface area contributed by atoms with Crippen LogP contribution in [0, 0.1) is 0 Å². The van der Waals surface area contributed by atoms with Crippen LogP contribution in [0.5, 0.6) is 0 Å². The van der Waals surface area contributed by atoms with Crippen molar-refractivity contribution < 1.29 is 0 Å². The second-order valence-electron chi connectivity index (χ2n) is 3.62. The van der Waals surface area contributed by atoms with Crippen LogP contribution in [0.2, 0.25) is 0 Å². The van der Waals surface area contributed by atoms with Crippen molar-refractivity contribution >= 4 is 0 Å². The van der Waals surface area contributed by atoms with Crippen molar-refractivity contribution in [3.63, 3.8) is 0 Å². The van der Waals surface area contributed by atoms with E-state index in [1.807, 2.05) is 37.6 Å². The predicted octanol–water partition coefficient (Wildman–Crippen LogP) is 1.55. The Hall–Kier alpha value is -1.68. The molecule has 2 aromatic rings. The SMILES string of the molecule is CNCCCn1ccnc1-c1ccccn1. The van der Waals surface area contributed by atoms with Crippen LogP contribution in [-0.4, -0.2) is 28.1 Å². The molecule has 4 heteroatoms. The normalized spacial score (nSPS) is 10.6. The molecule has 1 N–H and O–H groups in total. The molecule has 0 atom stereocenters. The van der Waals surface area contributed by atoms with Crippen LogP contribution in [-0.2, 0) is 6.54 Å². The number of hydrogen-bond donors (Lipinski definition) is 1. The zero-order valence-electron chi connectivity index (χ0n) is 9.43. The maximum absolute atomic E-state index is 4.35. The van der Waals surface area contributed by atoms with Gasteiger partial charge in [0.05, 0.1) is 0 Å². The van der Waals surface area contributed by atoms with Gasteiger partial charge in [0.1, 0.15) is 5.69 Å². The lowest BCUT2D eigenvalue weighted by atomic mass is 10.3. The molecule has 16 heavy (non-hydrogen) atoms. The molecule has 84 valence electrons. The second kappa shape index (κ2) is 5.42. The van der Waals surface area contributed by atoms with Crippen LogP contribution in [0.1, 0.15) is 6.42 Å². The van der Waals surface area contributed by atoms with E-state index in [1.165, 1.54) is 0 Å². The number of imidazole rings is 1. The van der Waals surface area contributed by atoms with Crippen LogP contribution in [0.4, 0.5) is 0 Å². The molecule has 0 aromatic carbocycles. The Balaban J connectivity index is 2.13. The third-order valence-electron chi connectivity index (χ3n) is 2.44. The van der Waals surface area contributed by atoms with Crippen molar-refractivity contribution in [2.75, 3.05) is 13.6 Å². The predicted molar refractivity (Wildman–Crippen MR) is 64.0 cm³/mol. The molecule has 0 radical (unpaired) electrons. The van der Waals surface area contributed by atoms with Crippen LogP contribution < -0.4 is 5.32 Å². The molecule has 0 aliphatic rings. The van der Waals surface area contributed by atoms with Crippen molar-refractivity contribution in [1.82, 2.24) is 19.9 Å². The van der Waals surface area contributed by atoms with E-state index in [-0.39, 0.29) is 0 Å². The number of nitrogens with zero attached hydrogens (tertiary/aromatic N) is 3. The molecule has 2 rings (SSSR count). The minimum absolute atomic E-state index is 0.928. The highest BCUT2D eigenvalue weighted by Gasteiger charge is 2.05. The van der Waals surface area contributed by atoms with Crippen molar-refractivity contribution in [3.05, 3.63) is 36.8 Å². The summed E-state index contributed by atoms with van der Waals surface area (Å²) in [5.74, 6) is 0.941. The van der Waals surface area contributed by atoms with Crippen LogP contribution >= 0.6 is 0 Å². The summed E-state index contributed by atoms with van der Waals surface area (Å²) in [4.78, 5) is 8.66. The number of hydrogen-bond acceptors (Lipinski definition) is 3. The first-order chi connectivity index (χ1) is 7.92. The average molecular weight is 216 g/mol. The summed E-state index contributed by atoms with van der Waals surface area (Å²) < 4.78 is 2.14. The lowest BCUT2D eigenvalue weighted by Gasteiger charge is -2.06. The molecule has 0 aliphatic carbocycles.